The summed E-state index contributed by atoms with van der Waals surface area (Å²) in [6, 6.07) is 18.6. The summed E-state index contributed by atoms with van der Waals surface area (Å²) in [6.45, 7) is 2.26. The zero-order chi connectivity index (χ0) is 21.1. The Balaban J connectivity index is 1.62. The minimum Gasteiger partial charge on any atom is -0.481 e. The number of nitrogens with zero attached hydrogens (tertiary/aromatic N) is 4. The van der Waals surface area contributed by atoms with Crippen LogP contribution in [-0.2, 0) is 6.54 Å². The molecule has 0 bridgehead atoms. The number of para-hydroxylation sites is 1. The van der Waals surface area contributed by atoms with E-state index in [2.05, 4.69) is 21.5 Å². The van der Waals surface area contributed by atoms with Crippen molar-refractivity contribution in [2.75, 3.05) is 12.4 Å². The zero-order valence-electron chi connectivity index (χ0n) is 16.6. The van der Waals surface area contributed by atoms with Crippen molar-refractivity contribution in [3.63, 3.8) is 0 Å². The van der Waals surface area contributed by atoms with Gasteiger partial charge in [-0.3, -0.25) is 9.48 Å². The van der Waals surface area contributed by atoms with Gasteiger partial charge in [0.1, 0.15) is 0 Å². The molecule has 0 aliphatic carbocycles. The van der Waals surface area contributed by atoms with Crippen molar-refractivity contribution >= 4 is 22.5 Å². The fourth-order valence-electron chi connectivity index (χ4n) is 3.30. The number of pyridine rings is 1. The van der Waals surface area contributed by atoms with Crippen LogP contribution in [-0.4, -0.2) is 27.8 Å². The highest BCUT2D eigenvalue weighted by Gasteiger charge is 2.16. The van der Waals surface area contributed by atoms with Crippen molar-refractivity contribution in [2.45, 2.75) is 13.5 Å². The van der Waals surface area contributed by atoms with Gasteiger partial charge in [-0.05, 0) is 24.6 Å². The van der Waals surface area contributed by atoms with Crippen LogP contribution in [0.5, 0.6) is 5.88 Å². The first-order valence-corrected chi connectivity index (χ1v) is 9.36. The molecule has 0 radical (unpaired) electrons. The standard InChI is InChI=1S/C23H19N5O2/c1-15-21(14-28(27-15)13-17-8-4-3-7-16(17)12-24)26-23(29)19-11-22(30-2)25-20-10-6-5-9-18(19)20/h3-11,14H,13H2,1-2H3,(H,26,29). The molecule has 7 heteroatoms. The number of aryl methyl sites for hydroxylation is 1. The molecule has 4 aromatic rings. The van der Waals surface area contributed by atoms with Crippen LogP contribution in [0.2, 0.25) is 0 Å². The Hall–Kier alpha value is -4.18. The second-order valence-corrected chi connectivity index (χ2v) is 6.78. The summed E-state index contributed by atoms with van der Waals surface area (Å²) in [4.78, 5) is 17.4. The van der Waals surface area contributed by atoms with Crippen LogP contribution in [0, 0.1) is 18.3 Å². The van der Waals surface area contributed by atoms with Crippen molar-refractivity contribution in [2.24, 2.45) is 0 Å². The number of rotatable bonds is 5. The lowest BCUT2D eigenvalue weighted by Crippen LogP contribution is -2.13. The number of ether oxygens (including phenoxy) is 1. The molecule has 2 aromatic carbocycles. The van der Waals surface area contributed by atoms with Crippen molar-refractivity contribution in [3.05, 3.63) is 83.2 Å². The minimum absolute atomic E-state index is 0.271. The van der Waals surface area contributed by atoms with Gasteiger partial charge in [-0.25, -0.2) is 4.98 Å². The fourth-order valence-corrected chi connectivity index (χ4v) is 3.30. The number of nitrogens with one attached hydrogen (secondary N) is 1. The number of carbonyl (C=O) groups is 1. The maximum atomic E-state index is 13.0. The van der Waals surface area contributed by atoms with Gasteiger partial charge < -0.3 is 10.1 Å². The van der Waals surface area contributed by atoms with Crippen LogP contribution in [0.15, 0.2) is 60.8 Å². The lowest BCUT2D eigenvalue weighted by molar-refractivity contribution is 0.102. The second kappa shape index (κ2) is 8.05. The largest absolute Gasteiger partial charge is 0.481 e. The molecule has 4 rings (SSSR count). The molecule has 2 heterocycles. The van der Waals surface area contributed by atoms with Gasteiger partial charge in [0.05, 0.1) is 47.7 Å². The van der Waals surface area contributed by atoms with Gasteiger partial charge in [0, 0.05) is 17.6 Å². The van der Waals surface area contributed by atoms with Gasteiger partial charge in [0.15, 0.2) is 0 Å². The number of benzene rings is 2. The fraction of sp³-hybridized carbons (Fsp3) is 0.130. The smallest absolute Gasteiger partial charge is 0.256 e. The lowest BCUT2D eigenvalue weighted by Gasteiger charge is -2.09. The van der Waals surface area contributed by atoms with Crippen molar-refractivity contribution in [1.82, 2.24) is 14.8 Å². The quantitative estimate of drug-likeness (QED) is 0.551. The van der Waals surface area contributed by atoms with E-state index in [0.717, 1.165) is 10.9 Å². The number of methoxy groups -OCH3 is 1. The molecule has 0 saturated heterocycles. The molecule has 148 valence electrons. The molecule has 0 fully saturated rings. The number of amides is 1. The number of aromatic nitrogens is 3. The lowest BCUT2D eigenvalue weighted by atomic mass is 10.1. The molecule has 7 nitrogen and oxygen atoms in total. The average Bonchev–Trinajstić information content (AvgIpc) is 3.11. The van der Waals surface area contributed by atoms with Crippen LogP contribution >= 0.6 is 0 Å². The summed E-state index contributed by atoms with van der Waals surface area (Å²) in [6.07, 6.45) is 1.77. The van der Waals surface area contributed by atoms with E-state index >= 15 is 0 Å². The third-order valence-corrected chi connectivity index (χ3v) is 4.81. The molecule has 0 aliphatic heterocycles. The summed E-state index contributed by atoms with van der Waals surface area (Å²) in [7, 11) is 1.52. The van der Waals surface area contributed by atoms with E-state index < -0.39 is 0 Å². The van der Waals surface area contributed by atoms with Crippen molar-refractivity contribution in [1.29, 1.82) is 5.26 Å². The Bertz CT molecular complexity index is 1290. The molecule has 0 saturated carbocycles. The van der Waals surface area contributed by atoms with Crippen LogP contribution in [0.25, 0.3) is 10.9 Å². The normalized spacial score (nSPS) is 10.6. The highest BCUT2D eigenvalue weighted by molar-refractivity contribution is 6.12. The highest BCUT2D eigenvalue weighted by atomic mass is 16.5. The molecule has 1 N–H and O–H groups in total. The van der Waals surface area contributed by atoms with Crippen molar-refractivity contribution in [3.8, 4) is 11.9 Å². The van der Waals surface area contributed by atoms with E-state index in [-0.39, 0.29) is 5.91 Å². The number of hydrogen-bond donors (Lipinski definition) is 1. The molecular weight excluding hydrogens is 378 g/mol. The predicted molar refractivity (Wildman–Crippen MR) is 113 cm³/mol. The molecule has 1 amide bonds. The van der Waals surface area contributed by atoms with Crippen LogP contribution in [0.1, 0.15) is 27.2 Å². The monoisotopic (exact) mass is 397 g/mol. The molecule has 0 spiro atoms. The van der Waals surface area contributed by atoms with Gasteiger partial charge in [-0.2, -0.15) is 10.4 Å². The van der Waals surface area contributed by atoms with Gasteiger partial charge in [-0.15, -0.1) is 0 Å². The Morgan fingerprint density at radius 3 is 2.77 bits per heavy atom. The first-order valence-electron chi connectivity index (χ1n) is 9.36. The summed E-state index contributed by atoms with van der Waals surface area (Å²) in [5, 5.41) is 17.4. The topological polar surface area (TPSA) is 92.8 Å². The number of carbonyl (C=O) groups excluding carboxylic acids is 1. The maximum Gasteiger partial charge on any atom is 0.256 e. The second-order valence-electron chi connectivity index (χ2n) is 6.78. The van der Waals surface area contributed by atoms with Crippen LogP contribution in [0.3, 0.4) is 0 Å². The molecule has 30 heavy (non-hydrogen) atoms. The van der Waals surface area contributed by atoms with Gasteiger partial charge in [0.25, 0.3) is 5.91 Å². The average molecular weight is 397 g/mol. The third-order valence-electron chi connectivity index (χ3n) is 4.81. The van der Waals surface area contributed by atoms with E-state index in [1.54, 1.807) is 23.0 Å². The highest BCUT2D eigenvalue weighted by Crippen LogP contribution is 2.24. The zero-order valence-corrected chi connectivity index (χ0v) is 16.6. The minimum atomic E-state index is -0.271. The van der Waals surface area contributed by atoms with Crippen molar-refractivity contribution < 1.29 is 9.53 Å². The first kappa shape index (κ1) is 19.2. The number of anilines is 1. The predicted octanol–water partition coefficient (Wildman–Crippen LogP) is 3.92. The Kier molecular flexibility index (Phi) is 5.14. The first-order chi connectivity index (χ1) is 14.6. The van der Waals surface area contributed by atoms with E-state index in [1.165, 1.54) is 7.11 Å². The molecule has 0 atom stereocenters. The van der Waals surface area contributed by atoms with Gasteiger partial charge >= 0.3 is 0 Å². The Labute approximate surface area is 173 Å². The van der Waals surface area contributed by atoms with E-state index in [9.17, 15) is 10.1 Å². The maximum absolute atomic E-state index is 13.0. The molecule has 0 unspecified atom stereocenters. The van der Waals surface area contributed by atoms with Gasteiger partial charge in [0.2, 0.25) is 5.88 Å². The van der Waals surface area contributed by atoms with E-state index in [0.29, 0.717) is 40.4 Å². The van der Waals surface area contributed by atoms with Gasteiger partial charge in [-0.1, -0.05) is 36.4 Å². The Morgan fingerprint density at radius 2 is 1.97 bits per heavy atom. The molecule has 2 aromatic heterocycles. The SMILES string of the molecule is COc1cc(C(=O)Nc2cn(Cc3ccccc3C#N)nc2C)c2ccccc2n1. The van der Waals surface area contributed by atoms with Crippen LogP contribution < -0.4 is 10.1 Å². The summed E-state index contributed by atoms with van der Waals surface area (Å²) >= 11 is 0. The number of hydrogen-bond acceptors (Lipinski definition) is 5. The summed E-state index contributed by atoms with van der Waals surface area (Å²) in [5.41, 5.74) is 3.91. The number of fused-ring (bicyclic) bond motifs is 1. The molecule has 0 aliphatic rings. The van der Waals surface area contributed by atoms with E-state index in [1.807, 2.05) is 49.4 Å². The van der Waals surface area contributed by atoms with Crippen LogP contribution in [0.4, 0.5) is 5.69 Å². The Morgan fingerprint density at radius 1 is 1.20 bits per heavy atom. The third kappa shape index (κ3) is 3.71. The molecular formula is C23H19N5O2. The van der Waals surface area contributed by atoms with E-state index in [4.69, 9.17) is 4.74 Å². The number of nitriles is 1. The summed E-state index contributed by atoms with van der Waals surface area (Å²) < 4.78 is 6.96. The summed E-state index contributed by atoms with van der Waals surface area (Å²) in [5.74, 6) is 0.103.